The summed E-state index contributed by atoms with van der Waals surface area (Å²) in [6, 6.07) is 12.6. The average molecular weight is 375 g/mol. The second-order valence-corrected chi connectivity index (χ2v) is 6.00. The van der Waals surface area contributed by atoms with Gasteiger partial charge < -0.3 is 14.2 Å². The van der Waals surface area contributed by atoms with Gasteiger partial charge in [0.2, 0.25) is 6.79 Å². The molecule has 1 N–H and O–H groups in total. The van der Waals surface area contributed by atoms with Crippen LogP contribution in [0.4, 0.5) is 0 Å². The third kappa shape index (κ3) is 4.46. The Labute approximate surface area is 156 Å². The first-order valence-electron chi connectivity index (χ1n) is 8.29. The molecular formula is C19H19ClN2O4. The lowest BCUT2D eigenvalue weighted by atomic mass is 10.2. The molecule has 3 rings (SSSR count). The minimum absolute atomic E-state index is 0.162. The Morgan fingerprint density at radius 1 is 1.23 bits per heavy atom. The maximum Gasteiger partial charge on any atom is 0.292 e. The summed E-state index contributed by atoms with van der Waals surface area (Å²) in [5.74, 6) is 1.04. The van der Waals surface area contributed by atoms with Crippen LogP contribution < -0.4 is 14.8 Å². The molecule has 1 aliphatic rings. The van der Waals surface area contributed by atoms with Crippen LogP contribution in [0.1, 0.15) is 29.3 Å². The van der Waals surface area contributed by atoms with E-state index in [4.69, 9.17) is 25.8 Å². The molecule has 1 aliphatic heterocycles. The zero-order valence-corrected chi connectivity index (χ0v) is 15.1. The van der Waals surface area contributed by atoms with Gasteiger partial charge in [0, 0.05) is 0 Å². The zero-order valence-electron chi connectivity index (χ0n) is 14.3. The Hall–Kier alpha value is -2.73. The molecule has 26 heavy (non-hydrogen) atoms. The number of ether oxygens (including phenoxy) is 3. The van der Waals surface area contributed by atoms with Crippen LogP contribution in [0.3, 0.4) is 0 Å². The number of fused-ring (bicyclic) bond motifs is 1. The SMILES string of the molecule is CCCOC(=NCc1ccc2c(c1)OCO2)NC(=O)c1ccccc1Cl. The summed E-state index contributed by atoms with van der Waals surface area (Å²) in [6.45, 7) is 2.98. The van der Waals surface area contributed by atoms with Crippen LogP contribution in [0.2, 0.25) is 5.02 Å². The van der Waals surface area contributed by atoms with Crippen LogP contribution >= 0.6 is 11.6 Å². The number of amidine groups is 1. The van der Waals surface area contributed by atoms with Crippen molar-refractivity contribution >= 4 is 23.5 Å². The van der Waals surface area contributed by atoms with Crippen molar-refractivity contribution in [2.45, 2.75) is 19.9 Å². The second kappa shape index (κ2) is 8.58. The van der Waals surface area contributed by atoms with Crippen molar-refractivity contribution in [1.82, 2.24) is 5.32 Å². The monoisotopic (exact) mass is 374 g/mol. The smallest absolute Gasteiger partial charge is 0.292 e. The maximum atomic E-state index is 12.4. The van der Waals surface area contributed by atoms with Crippen molar-refractivity contribution < 1.29 is 19.0 Å². The van der Waals surface area contributed by atoms with Gasteiger partial charge in [-0.3, -0.25) is 10.1 Å². The van der Waals surface area contributed by atoms with E-state index in [2.05, 4.69) is 10.3 Å². The minimum Gasteiger partial charge on any atom is -0.465 e. The number of carbonyl (C=O) groups is 1. The lowest BCUT2D eigenvalue weighted by Crippen LogP contribution is -2.33. The van der Waals surface area contributed by atoms with Crippen molar-refractivity contribution in [3.05, 3.63) is 58.6 Å². The molecule has 0 saturated carbocycles. The molecule has 7 heteroatoms. The number of hydrogen-bond acceptors (Lipinski definition) is 5. The van der Waals surface area contributed by atoms with Gasteiger partial charge in [0.25, 0.3) is 11.9 Å². The number of rotatable bonds is 5. The Kier molecular flexibility index (Phi) is 5.96. The number of aliphatic imine (C=N–C) groups is 1. The highest BCUT2D eigenvalue weighted by molar-refractivity contribution is 6.34. The summed E-state index contributed by atoms with van der Waals surface area (Å²) < 4.78 is 16.2. The lowest BCUT2D eigenvalue weighted by Gasteiger charge is -2.11. The highest BCUT2D eigenvalue weighted by Crippen LogP contribution is 2.32. The first-order valence-corrected chi connectivity index (χ1v) is 8.67. The number of halogens is 1. The maximum absolute atomic E-state index is 12.4. The van der Waals surface area contributed by atoms with Crippen LogP contribution in [0.5, 0.6) is 11.5 Å². The molecule has 2 aromatic carbocycles. The lowest BCUT2D eigenvalue weighted by molar-refractivity contribution is 0.0965. The fourth-order valence-corrected chi connectivity index (χ4v) is 2.55. The Morgan fingerprint density at radius 2 is 2.04 bits per heavy atom. The quantitative estimate of drug-likeness (QED) is 0.638. The third-order valence-electron chi connectivity index (χ3n) is 3.62. The molecule has 0 radical (unpaired) electrons. The number of amides is 1. The number of nitrogens with zero attached hydrogens (tertiary/aromatic N) is 1. The van der Waals surface area contributed by atoms with Gasteiger partial charge in [-0.15, -0.1) is 0 Å². The van der Waals surface area contributed by atoms with Crippen molar-refractivity contribution in [2.75, 3.05) is 13.4 Å². The van der Waals surface area contributed by atoms with Gasteiger partial charge in [0.15, 0.2) is 11.5 Å². The molecule has 0 fully saturated rings. The Morgan fingerprint density at radius 3 is 2.85 bits per heavy atom. The van der Waals surface area contributed by atoms with Crippen LogP contribution in [-0.4, -0.2) is 25.3 Å². The summed E-state index contributed by atoms with van der Waals surface area (Å²) in [4.78, 5) is 16.8. The highest BCUT2D eigenvalue weighted by Gasteiger charge is 2.15. The van der Waals surface area contributed by atoms with E-state index in [9.17, 15) is 4.79 Å². The van der Waals surface area contributed by atoms with Gasteiger partial charge in [-0.2, -0.15) is 0 Å². The summed E-state index contributed by atoms with van der Waals surface area (Å²) in [7, 11) is 0. The van der Waals surface area contributed by atoms with Gasteiger partial charge in [-0.1, -0.05) is 36.7 Å². The number of benzene rings is 2. The molecule has 136 valence electrons. The molecule has 0 bridgehead atoms. The average Bonchev–Trinajstić information content (AvgIpc) is 3.12. The topological polar surface area (TPSA) is 69.2 Å². The van der Waals surface area contributed by atoms with E-state index in [1.54, 1.807) is 24.3 Å². The van der Waals surface area contributed by atoms with Crippen LogP contribution in [0, 0.1) is 0 Å². The van der Waals surface area contributed by atoms with Crippen molar-refractivity contribution in [3.8, 4) is 11.5 Å². The molecular weight excluding hydrogens is 356 g/mol. The highest BCUT2D eigenvalue weighted by atomic mass is 35.5. The molecule has 0 spiro atoms. The van der Waals surface area contributed by atoms with E-state index in [1.807, 2.05) is 25.1 Å². The van der Waals surface area contributed by atoms with Gasteiger partial charge in [0.05, 0.1) is 23.7 Å². The molecule has 1 amide bonds. The second-order valence-electron chi connectivity index (χ2n) is 5.59. The van der Waals surface area contributed by atoms with E-state index in [0.717, 1.165) is 12.0 Å². The molecule has 0 atom stereocenters. The van der Waals surface area contributed by atoms with Gasteiger partial charge in [0.1, 0.15) is 0 Å². The van der Waals surface area contributed by atoms with Crippen molar-refractivity contribution in [2.24, 2.45) is 4.99 Å². The summed E-state index contributed by atoms with van der Waals surface area (Å²) in [6.07, 6.45) is 0.797. The normalized spacial score (nSPS) is 12.8. The molecule has 0 aromatic heterocycles. The predicted octanol–water partition coefficient (Wildman–Crippen LogP) is 3.78. The summed E-state index contributed by atoms with van der Waals surface area (Å²) in [5, 5.41) is 3.05. The van der Waals surface area contributed by atoms with Gasteiger partial charge in [-0.05, 0) is 36.2 Å². The zero-order chi connectivity index (χ0) is 18.4. The van der Waals surface area contributed by atoms with Crippen molar-refractivity contribution in [1.29, 1.82) is 0 Å². The Balaban J connectivity index is 1.71. The van der Waals surface area contributed by atoms with Gasteiger partial charge >= 0.3 is 0 Å². The molecule has 6 nitrogen and oxygen atoms in total. The molecule has 1 heterocycles. The predicted molar refractivity (Wildman–Crippen MR) is 98.9 cm³/mol. The number of hydrogen-bond donors (Lipinski definition) is 1. The van der Waals surface area contributed by atoms with Gasteiger partial charge in [-0.25, -0.2) is 4.99 Å². The van der Waals surface area contributed by atoms with Crippen LogP contribution in [-0.2, 0) is 11.3 Å². The summed E-state index contributed by atoms with van der Waals surface area (Å²) in [5.41, 5.74) is 1.28. The van der Waals surface area contributed by atoms with E-state index in [0.29, 0.717) is 35.2 Å². The summed E-state index contributed by atoms with van der Waals surface area (Å²) >= 11 is 6.07. The number of nitrogens with one attached hydrogen (secondary N) is 1. The first-order chi connectivity index (χ1) is 12.7. The first kappa shape index (κ1) is 18.1. The largest absolute Gasteiger partial charge is 0.465 e. The molecule has 0 unspecified atom stereocenters. The Bertz CT molecular complexity index is 823. The molecule has 2 aromatic rings. The van der Waals surface area contributed by atoms with E-state index < -0.39 is 0 Å². The molecule has 0 saturated heterocycles. The fourth-order valence-electron chi connectivity index (χ4n) is 2.33. The molecule has 0 aliphatic carbocycles. The van der Waals surface area contributed by atoms with E-state index >= 15 is 0 Å². The third-order valence-corrected chi connectivity index (χ3v) is 3.95. The number of carbonyl (C=O) groups excluding carboxylic acids is 1. The fraction of sp³-hybridized carbons (Fsp3) is 0.263. The van der Waals surface area contributed by atoms with Crippen LogP contribution in [0.25, 0.3) is 0 Å². The minimum atomic E-state index is -0.365. The standard InChI is InChI=1S/C19H19ClN2O4/c1-2-9-24-19(22-18(23)14-5-3-4-6-15(14)20)21-11-13-7-8-16-17(10-13)26-12-25-16/h3-8,10H,2,9,11-12H2,1H3,(H,21,22,23). The van der Waals surface area contributed by atoms with Crippen molar-refractivity contribution in [3.63, 3.8) is 0 Å². The van der Waals surface area contributed by atoms with E-state index in [-0.39, 0.29) is 18.7 Å². The van der Waals surface area contributed by atoms with E-state index in [1.165, 1.54) is 0 Å². The van der Waals surface area contributed by atoms with Crippen LogP contribution in [0.15, 0.2) is 47.5 Å².